The van der Waals surface area contributed by atoms with Gasteiger partial charge in [-0.1, -0.05) is 29.3 Å². The van der Waals surface area contributed by atoms with Crippen LogP contribution in [0.1, 0.15) is 25.3 Å². The van der Waals surface area contributed by atoms with Crippen LogP contribution >= 0.6 is 23.2 Å². The molecule has 0 saturated heterocycles. The highest BCUT2D eigenvalue weighted by atomic mass is 35.5. The van der Waals surface area contributed by atoms with Gasteiger partial charge in [-0.2, -0.15) is 0 Å². The molecule has 84 valence electrons. The molecule has 0 aromatic heterocycles. The Hall–Kier alpha value is -0.970. The van der Waals surface area contributed by atoms with E-state index < -0.39 is 0 Å². The summed E-state index contributed by atoms with van der Waals surface area (Å²) in [5, 5.41) is 1.13. The number of Topliss-reactive ketones (excluding diaryl/α,β-unsaturated/α-hetero) is 1. The van der Waals surface area contributed by atoms with Crippen LogP contribution in [0.2, 0.25) is 10.0 Å². The van der Waals surface area contributed by atoms with Crippen molar-refractivity contribution in [1.29, 1.82) is 0 Å². The predicted octanol–water partition coefficient (Wildman–Crippen LogP) is 3.91. The van der Waals surface area contributed by atoms with Gasteiger partial charge in [0.1, 0.15) is 5.78 Å². The number of rotatable bonds is 4. The zero-order valence-corrected chi connectivity index (χ0v) is 10.5. The fraction of sp³-hybridized carbons (Fsp3) is 0.308. The summed E-state index contributed by atoms with van der Waals surface area (Å²) in [6.45, 7) is 1.76. The third-order valence-electron chi connectivity index (χ3n) is 2.11. The van der Waals surface area contributed by atoms with Crippen LogP contribution in [0.3, 0.4) is 0 Å². The summed E-state index contributed by atoms with van der Waals surface area (Å²) < 4.78 is 0. The molecule has 0 fully saturated rings. The minimum absolute atomic E-state index is 0.145. The maximum Gasteiger partial charge on any atom is 0.138 e. The molecular formula is C13H12Cl2O. The second kappa shape index (κ2) is 6.58. The lowest BCUT2D eigenvalue weighted by Gasteiger charge is -2.03. The normalized spacial score (nSPS) is 9.44. The van der Waals surface area contributed by atoms with Gasteiger partial charge in [-0.15, -0.1) is 11.8 Å². The molecule has 0 aliphatic carbocycles. The third kappa shape index (κ3) is 4.26. The molecule has 0 atom stereocenters. The summed E-state index contributed by atoms with van der Waals surface area (Å²) >= 11 is 11.7. The Labute approximate surface area is 106 Å². The monoisotopic (exact) mass is 254 g/mol. The fourth-order valence-electron chi connectivity index (χ4n) is 1.29. The first-order valence-electron chi connectivity index (χ1n) is 4.98. The van der Waals surface area contributed by atoms with Gasteiger partial charge in [-0.3, -0.25) is 4.79 Å². The summed E-state index contributed by atoms with van der Waals surface area (Å²) in [4.78, 5) is 11.6. The molecule has 0 spiro atoms. The van der Waals surface area contributed by atoms with E-state index in [-0.39, 0.29) is 5.78 Å². The van der Waals surface area contributed by atoms with Crippen LogP contribution in [0.15, 0.2) is 18.2 Å². The Morgan fingerprint density at radius 3 is 2.75 bits per heavy atom. The smallest absolute Gasteiger partial charge is 0.138 e. The van der Waals surface area contributed by atoms with E-state index >= 15 is 0 Å². The van der Waals surface area contributed by atoms with Crippen molar-refractivity contribution < 1.29 is 4.79 Å². The second-order valence-corrected chi connectivity index (χ2v) is 4.22. The van der Waals surface area contributed by atoms with Gasteiger partial charge in [0, 0.05) is 29.3 Å². The highest BCUT2D eigenvalue weighted by Crippen LogP contribution is 2.21. The molecule has 0 heterocycles. The van der Waals surface area contributed by atoms with E-state index in [9.17, 15) is 4.79 Å². The first-order valence-corrected chi connectivity index (χ1v) is 5.74. The van der Waals surface area contributed by atoms with Crippen LogP contribution in [0.4, 0.5) is 0 Å². The lowest BCUT2D eigenvalue weighted by atomic mass is 10.1. The van der Waals surface area contributed by atoms with E-state index in [1.807, 2.05) is 0 Å². The lowest BCUT2D eigenvalue weighted by molar-refractivity contribution is -0.118. The van der Waals surface area contributed by atoms with Crippen molar-refractivity contribution >= 4 is 29.0 Å². The molecule has 0 unspecified atom stereocenters. The van der Waals surface area contributed by atoms with Gasteiger partial charge in [0.2, 0.25) is 0 Å². The van der Waals surface area contributed by atoms with Crippen LogP contribution in [0, 0.1) is 11.8 Å². The Kier molecular flexibility index (Phi) is 5.38. The third-order valence-corrected chi connectivity index (χ3v) is 2.70. The molecule has 3 heteroatoms. The number of halogens is 2. The molecule has 0 amide bonds. The standard InChI is InChI=1S/C13H12Cl2O/c1-2-3-4-5-12(16)8-10-6-7-11(14)9-13(10)15/h6-7,9H,4-5,8H2,1H3. The number of carbonyl (C=O) groups excluding carboxylic acids is 1. The summed E-state index contributed by atoms with van der Waals surface area (Å²) in [5.74, 6) is 5.77. The quantitative estimate of drug-likeness (QED) is 0.745. The molecule has 0 aliphatic heterocycles. The molecule has 0 radical (unpaired) electrons. The van der Waals surface area contributed by atoms with Crippen LogP contribution in [0.5, 0.6) is 0 Å². The molecule has 0 N–H and O–H groups in total. The topological polar surface area (TPSA) is 17.1 Å². The largest absolute Gasteiger partial charge is 0.299 e. The Morgan fingerprint density at radius 2 is 2.12 bits per heavy atom. The van der Waals surface area contributed by atoms with Crippen molar-refractivity contribution in [2.75, 3.05) is 0 Å². The van der Waals surface area contributed by atoms with Crippen molar-refractivity contribution in [1.82, 2.24) is 0 Å². The highest BCUT2D eigenvalue weighted by molar-refractivity contribution is 6.35. The number of hydrogen-bond donors (Lipinski definition) is 0. The van der Waals surface area contributed by atoms with Gasteiger partial charge in [0.05, 0.1) is 0 Å². The van der Waals surface area contributed by atoms with Gasteiger partial charge in [0.15, 0.2) is 0 Å². The van der Waals surface area contributed by atoms with Crippen LogP contribution in [-0.4, -0.2) is 5.78 Å². The Balaban J connectivity index is 2.58. The first-order chi connectivity index (χ1) is 7.63. The lowest BCUT2D eigenvalue weighted by Crippen LogP contribution is -2.02. The average Bonchev–Trinajstić information content (AvgIpc) is 2.23. The van der Waals surface area contributed by atoms with Crippen molar-refractivity contribution in [3.05, 3.63) is 33.8 Å². The molecule has 0 aliphatic rings. The van der Waals surface area contributed by atoms with Crippen LogP contribution in [0.25, 0.3) is 0 Å². The summed E-state index contributed by atoms with van der Waals surface area (Å²) in [6, 6.07) is 5.17. The molecule has 0 bridgehead atoms. The summed E-state index contributed by atoms with van der Waals surface area (Å²) in [5.41, 5.74) is 0.820. The first kappa shape index (κ1) is 13.1. The Morgan fingerprint density at radius 1 is 1.38 bits per heavy atom. The van der Waals surface area contributed by atoms with Crippen LogP contribution in [-0.2, 0) is 11.2 Å². The summed E-state index contributed by atoms with van der Waals surface area (Å²) in [6.07, 6.45) is 1.43. The molecule has 1 aromatic carbocycles. The maximum atomic E-state index is 11.6. The fourth-order valence-corrected chi connectivity index (χ4v) is 1.77. The highest BCUT2D eigenvalue weighted by Gasteiger charge is 2.06. The molecule has 1 rings (SSSR count). The second-order valence-electron chi connectivity index (χ2n) is 3.38. The van der Waals surface area contributed by atoms with E-state index in [0.717, 1.165) is 5.56 Å². The number of ketones is 1. The number of carbonyl (C=O) groups is 1. The molecule has 1 aromatic rings. The van der Waals surface area contributed by atoms with E-state index in [0.29, 0.717) is 29.3 Å². The van der Waals surface area contributed by atoms with Gasteiger partial charge >= 0.3 is 0 Å². The van der Waals surface area contributed by atoms with Gasteiger partial charge in [0.25, 0.3) is 0 Å². The average molecular weight is 255 g/mol. The number of hydrogen-bond acceptors (Lipinski definition) is 1. The minimum Gasteiger partial charge on any atom is -0.299 e. The van der Waals surface area contributed by atoms with Crippen LogP contribution < -0.4 is 0 Å². The molecule has 16 heavy (non-hydrogen) atoms. The van der Waals surface area contributed by atoms with Gasteiger partial charge < -0.3 is 0 Å². The van der Waals surface area contributed by atoms with Gasteiger partial charge in [-0.25, -0.2) is 0 Å². The number of benzene rings is 1. The van der Waals surface area contributed by atoms with E-state index in [2.05, 4.69) is 11.8 Å². The van der Waals surface area contributed by atoms with Crippen molar-refractivity contribution in [2.45, 2.75) is 26.2 Å². The SMILES string of the molecule is CC#CCCC(=O)Cc1ccc(Cl)cc1Cl. The van der Waals surface area contributed by atoms with Gasteiger partial charge in [-0.05, 0) is 24.6 Å². The molecule has 1 nitrogen and oxygen atoms in total. The Bertz CT molecular complexity index is 441. The minimum atomic E-state index is 0.145. The zero-order valence-electron chi connectivity index (χ0n) is 9.02. The predicted molar refractivity (Wildman–Crippen MR) is 67.9 cm³/mol. The van der Waals surface area contributed by atoms with Crippen molar-refractivity contribution in [2.24, 2.45) is 0 Å². The van der Waals surface area contributed by atoms with E-state index in [4.69, 9.17) is 23.2 Å². The maximum absolute atomic E-state index is 11.6. The van der Waals surface area contributed by atoms with Crippen molar-refractivity contribution in [3.8, 4) is 11.8 Å². The molecular weight excluding hydrogens is 243 g/mol. The zero-order chi connectivity index (χ0) is 12.0. The molecule has 0 saturated carbocycles. The van der Waals surface area contributed by atoms with Crippen molar-refractivity contribution in [3.63, 3.8) is 0 Å². The summed E-state index contributed by atoms with van der Waals surface area (Å²) in [7, 11) is 0. The van der Waals surface area contributed by atoms with E-state index in [1.165, 1.54) is 0 Å². The van der Waals surface area contributed by atoms with E-state index in [1.54, 1.807) is 25.1 Å².